The van der Waals surface area contributed by atoms with E-state index < -0.39 is 0 Å². The monoisotopic (exact) mass is 299 g/mol. The summed E-state index contributed by atoms with van der Waals surface area (Å²) in [4.78, 5) is 16.6. The maximum absolute atomic E-state index is 12.3. The Bertz CT molecular complexity index is 653. The zero-order valence-electron chi connectivity index (χ0n) is 11.6. The summed E-state index contributed by atoms with van der Waals surface area (Å²) in [5.74, 6) is -0.0621. The molecule has 1 aromatic heterocycles. The molecule has 0 radical (unpaired) electrons. The lowest BCUT2D eigenvalue weighted by molar-refractivity contribution is 0.0934. The molecular weight excluding hydrogens is 282 g/mol. The summed E-state index contributed by atoms with van der Waals surface area (Å²) in [6.45, 7) is 0. The third-order valence-electron chi connectivity index (χ3n) is 4.03. The summed E-state index contributed by atoms with van der Waals surface area (Å²) in [6.07, 6.45) is 4.25. The molecule has 0 aliphatic heterocycles. The van der Waals surface area contributed by atoms with Crippen molar-refractivity contribution in [2.75, 3.05) is 5.32 Å². The first-order valence-corrected chi connectivity index (χ1v) is 8.25. The highest BCUT2D eigenvalue weighted by Gasteiger charge is 2.25. The normalized spacial score (nSPS) is 17.5. The molecule has 2 N–H and O–H groups in total. The van der Waals surface area contributed by atoms with Gasteiger partial charge in [0, 0.05) is 17.5 Å². The molecule has 0 unspecified atom stereocenters. The Hall–Kier alpha value is -1.88. The fourth-order valence-electron chi connectivity index (χ4n) is 2.77. The standard InChI is InChI=1S/C16H17N3OS/c20-15(14-9-21-16(19-14)18-12-5-6-12)17-13-7-10-3-1-2-4-11(10)8-13/h1-4,9,12-13H,5-8H2,(H,17,20)(H,18,19). The Morgan fingerprint density at radius 2 is 1.86 bits per heavy atom. The number of hydrogen-bond acceptors (Lipinski definition) is 4. The molecule has 21 heavy (non-hydrogen) atoms. The number of rotatable bonds is 4. The maximum atomic E-state index is 12.3. The van der Waals surface area contributed by atoms with Crippen molar-refractivity contribution in [3.8, 4) is 0 Å². The summed E-state index contributed by atoms with van der Waals surface area (Å²) < 4.78 is 0. The number of carbonyl (C=O) groups excluding carboxylic acids is 1. The SMILES string of the molecule is O=C(NC1Cc2ccccc2C1)c1csc(NC2CC2)n1. The molecule has 0 bridgehead atoms. The Balaban J connectivity index is 1.39. The third kappa shape index (κ3) is 2.78. The molecule has 1 fully saturated rings. The van der Waals surface area contributed by atoms with E-state index >= 15 is 0 Å². The molecule has 0 saturated heterocycles. The minimum absolute atomic E-state index is 0.0621. The second-order valence-electron chi connectivity index (χ2n) is 5.80. The number of nitrogens with zero attached hydrogens (tertiary/aromatic N) is 1. The number of amides is 1. The highest BCUT2D eigenvalue weighted by molar-refractivity contribution is 7.13. The van der Waals surface area contributed by atoms with Gasteiger partial charge in [-0.15, -0.1) is 11.3 Å². The number of carbonyl (C=O) groups is 1. The first kappa shape index (κ1) is 12.8. The molecule has 5 heteroatoms. The van der Waals surface area contributed by atoms with Crippen molar-refractivity contribution in [3.05, 3.63) is 46.5 Å². The Kier molecular flexibility index (Phi) is 3.15. The van der Waals surface area contributed by atoms with Gasteiger partial charge in [0.25, 0.3) is 5.91 Å². The van der Waals surface area contributed by atoms with Gasteiger partial charge >= 0.3 is 0 Å². The second kappa shape index (κ2) is 5.15. The van der Waals surface area contributed by atoms with E-state index in [0.717, 1.165) is 18.0 Å². The minimum atomic E-state index is -0.0621. The van der Waals surface area contributed by atoms with Gasteiger partial charge in [0.1, 0.15) is 5.69 Å². The van der Waals surface area contributed by atoms with E-state index in [4.69, 9.17) is 0 Å². The predicted molar refractivity (Wildman–Crippen MR) is 83.9 cm³/mol. The van der Waals surface area contributed by atoms with Crippen LogP contribution >= 0.6 is 11.3 Å². The van der Waals surface area contributed by atoms with Crippen LogP contribution in [0, 0.1) is 0 Å². The molecule has 0 spiro atoms. The number of fused-ring (bicyclic) bond motifs is 1. The van der Waals surface area contributed by atoms with Crippen molar-refractivity contribution < 1.29 is 4.79 Å². The lowest BCUT2D eigenvalue weighted by Crippen LogP contribution is -2.35. The van der Waals surface area contributed by atoms with Crippen LogP contribution < -0.4 is 10.6 Å². The van der Waals surface area contributed by atoms with Gasteiger partial charge in [-0.25, -0.2) is 4.98 Å². The largest absolute Gasteiger partial charge is 0.359 e. The number of hydrogen-bond donors (Lipinski definition) is 2. The smallest absolute Gasteiger partial charge is 0.271 e. The van der Waals surface area contributed by atoms with Gasteiger partial charge in [-0.1, -0.05) is 24.3 Å². The first-order valence-electron chi connectivity index (χ1n) is 7.37. The van der Waals surface area contributed by atoms with Crippen LogP contribution in [-0.2, 0) is 12.8 Å². The van der Waals surface area contributed by atoms with Gasteiger partial charge in [-0.05, 0) is 36.8 Å². The average molecular weight is 299 g/mol. The van der Waals surface area contributed by atoms with E-state index in [-0.39, 0.29) is 11.9 Å². The van der Waals surface area contributed by atoms with Gasteiger partial charge in [0.2, 0.25) is 0 Å². The van der Waals surface area contributed by atoms with Crippen molar-refractivity contribution in [2.24, 2.45) is 0 Å². The highest BCUT2D eigenvalue weighted by Crippen LogP contribution is 2.27. The fourth-order valence-corrected chi connectivity index (χ4v) is 3.54. The summed E-state index contributed by atoms with van der Waals surface area (Å²) in [5.41, 5.74) is 3.22. The zero-order chi connectivity index (χ0) is 14.2. The molecule has 1 amide bonds. The molecule has 108 valence electrons. The van der Waals surface area contributed by atoms with Crippen molar-refractivity contribution in [3.63, 3.8) is 0 Å². The third-order valence-corrected chi connectivity index (χ3v) is 4.80. The van der Waals surface area contributed by atoms with Crippen LogP contribution in [-0.4, -0.2) is 23.0 Å². The Labute approximate surface area is 127 Å². The number of aromatic nitrogens is 1. The van der Waals surface area contributed by atoms with Crippen LogP contribution in [0.5, 0.6) is 0 Å². The van der Waals surface area contributed by atoms with Crippen molar-refractivity contribution in [2.45, 2.75) is 37.8 Å². The predicted octanol–water partition coefficient (Wildman–Crippen LogP) is 2.61. The highest BCUT2D eigenvalue weighted by atomic mass is 32.1. The van der Waals surface area contributed by atoms with Gasteiger partial charge in [0.05, 0.1) is 0 Å². The van der Waals surface area contributed by atoms with Crippen molar-refractivity contribution in [1.29, 1.82) is 0 Å². The minimum Gasteiger partial charge on any atom is -0.359 e. The molecule has 4 rings (SSSR count). The van der Waals surface area contributed by atoms with Crippen LogP contribution in [0.3, 0.4) is 0 Å². The van der Waals surface area contributed by atoms with Crippen molar-refractivity contribution >= 4 is 22.4 Å². The van der Waals surface area contributed by atoms with E-state index in [1.165, 1.54) is 35.3 Å². The number of thiazole rings is 1. The molecule has 4 nitrogen and oxygen atoms in total. The molecule has 1 heterocycles. The molecule has 0 atom stereocenters. The first-order chi connectivity index (χ1) is 10.3. The summed E-state index contributed by atoms with van der Waals surface area (Å²) in [7, 11) is 0. The van der Waals surface area contributed by atoms with Crippen LogP contribution in [0.25, 0.3) is 0 Å². The molecule has 2 aliphatic rings. The molecule has 1 saturated carbocycles. The average Bonchev–Trinajstić information content (AvgIpc) is 3.00. The number of benzene rings is 1. The van der Waals surface area contributed by atoms with E-state index in [9.17, 15) is 4.79 Å². The molecule has 2 aromatic rings. The van der Waals surface area contributed by atoms with Crippen LogP contribution in [0.1, 0.15) is 34.5 Å². The van der Waals surface area contributed by atoms with E-state index in [1.807, 2.05) is 5.38 Å². The van der Waals surface area contributed by atoms with Crippen molar-refractivity contribution in [1.82, 2.24) is 10.3 Å². The van der Waals surface area contributed by atoms with Gasteiger partial charge in [-0.2, -0.15) is 0 Å². The topological polar surface area (TPSA) is 54.0 Å². The van der Waals surface area contributed by atoms with E-state index in [2.05, 4.69) is 39.9 Å². The second-order valence-corrected chi connectivity index (χ2v) is 6.66. The Morgan fingerprint density at radius 3 is 2.52 bits per heavy atom. The van der Waals surface area contributed by atoms with E-state index in [0.29, 0.717) is 11.7 Å². The quantitative estimate of drug-likeness (QED) is 0.912. The molecular formula is C16H17N3OS. The van der Waals surface area contributed by atoms with Gasteiger partial charge in [-0.3, -0.25) is 4.79 Å². The summed E-state index contributed by atoms with van der Waals surface area (Å²) in [5, 5.41) is 9.12. The Morgan fingerprint density at radius 1 is 1.14 bits per heavy atom. The van der Waals surface area contributed by atoms with E-state index in [1.54, 1.807) is 0 Å². The maximum Gasteiger partial charge on any atom is 0.271 e. The lowest BCUT2D eigenvalue weighted by Gasteiger charge is -2.10. The van der Waals surface area contributed by atoms with Gasteiger partial charge < -0.3 is 10.6 Å². The van der Waals surface area contributed by atoms with Gasteiger partial charge in [0.15, 0.2) is 5.13 Å². The zero-order valence-corrected chi connectivity index (χ0v) is 12.5. The molecule has 1 aromatic carbocycles. The fraction of sp³-hybridized carbons (Fsp3) is 0.375. The number of anilines is 1. The lowest BCUT2D eigenvalue weighted by atomic mass is 10.1. The molecule has 2 aliphatic carbocycles. The van der Waals surface area contributed by atoms with Crippen LogP contribution in [0.15, 0.2) is 29.6 Å². The van der Waals surface area contributed by atoms with Crippen LogP contribution in [0.2, 0.25) is 0 Å². The number of nitrogens with one attached hydrogen (secondary N) is 2. The summed E-state index contributed by atoms with van der Waals surface area (Å²) >= 11 is 1.51. The van der Waals surface area contributed by atoms with Crippen LogP contribution in [0.4, 0.5) is 5.13 Å². The summed E-state index contributed by atoms with van der Waals surface area (Å²) in [6, 6.07) is 9.15.